The summed E-state index contributed by atoms with van der Waals surface area (Å²) in [6, 6.07) is 14.0. The third-order valence-corrected chi connectivity index (χ3v) is 4.97. The average Bonchev–Trinajstić information content (AvgIpc) is 3.19. The van der Waals surface area contributed by atoms with Crippen LogP contribution in [-0.2, 0) is 11.3 Å². The molecule has 0 saturated carbocycles. The maximum atomic E-state index is 12.1. The van der Waals surface area contributed by atoms with E-state index in [2.05, 4.69) is 15.3 Å². The number of esters is 1. The van der Waals surface area contributed by atoms with Gasteiger partial charge in [0, 0.05) is 17.8 Å². The van der Waals surface area contributed by atoms with Gasteiger partial charge in [0.1, 0.15) is 5.52 Å². The molecule has 9 heteroatoms. The van der Waals surface area contributed by atoms with Gasteiger partial charge in [-0.15, -0.1) is 0 Å². The zero-order valence-electron chi connectivity index (χ0n) is 17.7. The van der Waals surface area contributed by atoms with E-state index in [4.69, 9.17) is 9.15 Å². The normalized spacial score (nSPS) is 10.8. The van der Waals surface area contributed by atoms with Gasteiger partial charge in [-0.3, -0.25) is 10.1 Å². The number of anilines is 1. The quantitative estimate of drug-likeness (QED) is 0.262. The van der Waals surface area contributed by atoms with Crippen molar-refractivity contribution in [2.75, 3.05) is 12.4 Å². The van der Waals surface area contributed by atoms with Crippen molar-refractivity contribution in [1.29, 1.82) is 0 Å². The number of hydrogen-bond donors (Lipinski definition) is 1. The predicted molar refractivity (Wildman–Crippen MR) is 118 cm³/mol. The molecular weight excluding hydrogens is 412 g/mol. The largest absolute Gasteiger partial charge is 0.465 e. The van der Waals surface area contributed by atoms with E-state index in [-0.39, 0.29) is 11.5 Å². The van der Waals surface area contributed by atoms with E-state index >= 15 is 0 Å². The molecule has 0 atom stereocenters. The lowest BCUT2D eigenvalue weighted by Gasteiger charge is -2.09. The molecule has 0 aliphatic rings. The van der Waals surface area contributed by atoms with E-state index in [9.17, 15) is 14.9 Å². The van der Waals surface area contributed by atoms with E-state index in [1.54, 1.807) is 56.3 Å². The van der Waals surface area contributed by atoms with Gasteiger partial charge in [-0.25, -0.2) is 14.8 Å². The second-order valence-corrected chi connectivity index (χ2v) is 7.25. The van der Waals surface area contributed by atoms with Gasteiger partial charge in [0.15, 0.2) is 5.58 Å². The Morgan fingerprint density at radius 3 is 2.69 bits per heavy atom. The summed E-state index contributed by atoms with van der Waals surface area (Å²) in [5.41, 5.74) is 4.07. The van der Waals surface area contributed by atoms with Crippen molar-refractivity contribution in [2.45, 2.75) is 20.4 Å². The van der Waals surface area contributed by atoms with Gasteiger partial charge in [-0.2, -0.15) is 0 Å². The minimum absolute atomic E-state index is 0.0435. The van der Waals surface area contributed by atoms with Crippen molar-refractivity contribution < 1.29 is 18.9 Å². The summed E-state index contributed by atoms with van der Waals surface area (Å²) in [5.74, 6) is 0.0471. The van der Waals surface area contributed by atoms with Crippen LogP contribution in [0, 0.1) is 24.0 Å². The van der Waals surface area contributed by atoms with Crippen LogP contribution in [0.1, 0.15) is 27.2 Å². The van der Waals surface area contributed by atoms with Crippen LogP contribution in [-0.4, -0.2) is 28.0 Å². The lowest BCUT2D eigenvalue weighted by Crippen LogP contribution is -2.07. The molecule has 162 valence electrons. The van der Waals surface area contributed by atoms with Crippen LogP contribution in [0.25, 0.3) is 22.6 Å². The third-order valence-electron chi connectivity index (χ3n) is 4.97. The molecule has 4 aromatic rings. The molecule has 0 aliphatic carbocycles. The second-order valence-electron chi connectivity index (χ2n) is 7.25. The molecule has 0 saturated heterocycles. The Kier molecular flexibility index (Phi) is 5.55. The van der Waals surface area contributed by atoms with Crippen LogP contribution < -0.4 is 5.32 Å². The van der Waals surface area contributed by atoms with Crippen LogP contribution >= 0.6 is 0 Å². The maximum Gasteiger partial charge on any atom is 0.338 e. The molecule has 2 aromatic heterocycles. The summed E-state index contributed by atoms with van der Waals surface area (Å²) in [7, 11) is 1.32. The van der Waals surface area contributed by atoms with E-state index in [1.165, 1.54) is 7.11 Å². The Hall–Kier alpha value is -4.27. The van der Waals surface area contributed by atoms with Crippen LogP contribution in [0.4, 0.5) is 11.5 Å². The molecule has 9 nitrogen and oxygen atoms in total. The molecule has 0 radical (unpaired) electrons. The minimum atomic E-state index is -0.477. The Balaban J connectivity index is 1.63. The molecule has 0 aliphatic heterocycles. The summed E-state index contributed by atoms with van der Waals surface area (Å²) in [6.07, 6.45) is 0. The molecule has 2 heterocycles. The highest BCUT2D eigenvalue weighted by Gasteiger charge is 2.20. The maximum absolute atomic E-state index is 12.1. The number of carbonyl (C=O) groups is 1. The van der Waals surface area contributed by atoms with Crippen molar-refractivity contribution in [3.63, 3.8) is 0 Å². The first-order valence-electron chi connectivity index (χ1n) is 9.81. The van der Waals surface area contributed by atoms with Gasteiger partial charge in [-0.05, 0) is 49.7 Å². The van der Waals surface area contributed by atoms with Crippen molar-refractivity contribution in [1.82, 2.24) is 9.97 Å². The molecule has 1 N–H and O–H groups in total. The standard InChI is InChI=1S/C23H20N4O5/c1-13-10-14(2)25-21(20(13)27(29)30)24-12-15-8-9-18-19(11-15)32-22(26-18)16-6-4-5-7-17(16)23(28)31-3/h4-11H,12H2,1-3H3,(H,24,25). The van der Waals surface area contributed by atoms with Gasteiger partial charge < -0.3 is 14.5 Å². The van der Waals surface area contributed by atoms with E-state index < -0.39 is 10.9 Å². The molecule has 0 amide bonds. The number of pyridine rings is 1. The molecule has 4 rings (SSSR count). The Labute approximate surface area is 183 Å². The smallest absolute Gasteiger partial charge is 0.338 e. The summed E-state index contributed by atoms with van der Waals surface area (Å²) in [4.78, 5) is 31.8. The van der Waals surface area contributed by atoms with Gasteiger partial charge in [0.25, 0.3) is 0 Å². The molecule has 0 unspecified atom stereocenters. The van der Waals surface area contributed by atoms with Crippen molar-refractivity contribution in [2.24, 2.45) is 0 Å². The van der Waals surface area contributed by atoms with Gasteiger partial charge in [0.2, 0.25) is 11.7 Å². The number of nitro groups is 1. The summed E-state index contributed by atoms with van der Waals surface area (Å²) in [5, 5.41) is 14.5. The number of aromatic nitrogens is 2. The number of methoxy groups -OCH3 is 1. The number of ether oxygens (including phenoxy) is 1. The topological polar surface area (TPSA) is 120 Å². The molecule has 2 aromatic carbocycles. The van der Waals surface area contributed by atoms with E-state index in [1.807, 2.05) is 6.07 Å². The van der Waals surface area contributed by atoms with Crippen LogP contribution in [0.5, 0.6) is 0 Å². The number of aryl methyl sites for hydroxylation is 2. The van der Waals surface area contributed by atoms with Crippen LogP contribution in [0.15, 0.2) is 52.9 Å². The van der Waals surface area contributed by atoms with Crippen molar-refractivity contribution in [3.05, 3.63) is 81.0 Å². The van der Waals surface area contributed by atoms with Crippen molar-refractivity contribution >= 4 is 28.6 Å². The number of oxazole rings is 1. The number of hydrogen-bond acceptors (Lipinski definition) is 8. The highest BCUT2D eigenvalue weighted by Crippen LogP contribution is 2.30. The number of nitrogens with zero attached hydrogens (tertiary/aromatic N) is 3. The summed E-state index contributed by atoms with van der Waals surface area (Å²) in [6.45, 7) is 3.78. The van der Waals surface area contributed by atoms with E-state index in [0.29, 0.717) is 45.9 Å². The Bertz CT molecular complexity index is 1350. The van der Waals surface area contributed by atoms with Gasteiger partial charge in [0.05, 0.1) is 23.2 Å². The first-order valence-corrected chi connectivity index (χ1v) is 9.81. The Morgan fingerprint density at radius 2 is 1.94 bits per heavy atom. The third kappa shape index (κ3) is 4.00. The molecule has 0 fully saturated rings. The second kappa shape index (κ2) is 8.46. The molecular formula is C23H20N4O5. The lowest BCUT2D eigenvalue weighted by atomic mass is 10.1. The van der Waals surface area contributed by atoms with E-state index in [0.717, 1.165) is 5.56 Å². The molecule has 0 bridgehead atoms. The predicted octanol–water partition coefficient (Wildman–Crippen LogP) is 4.81. The lowest BCUT2D eigenvalue weighted by molar-refractivity contribution is -0.384. The molecule has 0 spiro atoms. The summed E-state index contributed by atoms with van der Waals surface area (Å²) >= 11 is 0. The minimum Gasteiger partial charge on any atom is -0.465 e. The SMILES string of the molecule is COC(=O)c1ccccc1-c1nc2ccc(CNc3nc(C)cc(C)c3[N+](=O)[O-])cc2o1. The highest BCUT2D eigenvalue weighted by molar-refractivity contribution is 5.96. The van der Waals surface area contributed by atoms with Gasteiger partial charge >= 0.3 is 11.7 Å². The highest BCUT2D eigenvalue weighted by atomic mass is 16.6. The Morgan fingerprint density at radius 1 is 1.16 bits per heavy atom. The number of carbonyl (C=O) groups excluding carboxylic acids is 1. The zero-order chi connectivity index (χ0) is 22.8. The van der Waals surface area contributed by atoms with Gasteiger partial charge in [-0.1, -0.05) is 18.2 Å². The number of nitrogens with one attached hydrogen (secondary N) is 1. The first kappa shape index (κ1) is 21.0. The zero-order valence-corrected chi connectivity index (χ0v) is 17.7. The fourth-order valence-electron chi connectivity index (χ4n) is 3.52. The van der Waals surface area contributed by atoms with Crippen molar-refractivity contribution in [3.8, 4) is 11.5 Å². The first-order chi connectivity index (χ1) is 15.4. The average molecular weight is 432 g/mol. The molecule has 32 heavy (non-hydrogen) atoms. The van der Waals surface area contributed by atoms with Crippen LogP contribution in [0.3, 0.4) is 0 Å². The number of fused-ring (bicyclic) bond motifs is 1. The fourth-order valence-corrected chi connectivity index (χ4v) is 3.52. The van der Waals surface area contributed by atoms with Crippen LogP contribution in [0.2, 0.25) is 0 Å². The fraction of sp³-hybridized carbons (Fsp3) is 0.174. The summed E-state index contributed by atoms with van der Waals surface area (Å²) < 4.78 is 10.8. The number of rotatable bonds is 6. The number of benzene rings is 2. The monoisotopic (exact) mass is 432 g/mol.